The van der Waals surface area contributed by atoms with Crippen LogP contribution in [0.2, 0.25) is 10.0 Å². The Hall–Kier alpha value is -4.02. The molecule has 4 N–H and O–H groups in total. The van der Waals surface area contributed by atoms with Crippen LogP contribution in [0.1, 0.15) is 61.4 Å². The minimum absolute atomic E-state index is 0.105. The topological polar surface area (TPSA) is 117 Å². The van der Waals surface area contributed by atoms with Crippen LogP contribution in [0.4, 0.5) is 0 Å². The zero-order chi connectivity index (χ0) is 33.9. The maximum atomic E-state index is 11.6. The van der Waals surface area contributed by atoms with Crippen molar-refractivity contribution >= 4 is 35.0 Å². The number of amides is 2. The first-order valence-electron chi connectivity index (χ1n) is 17.0. The molecule has 2 aliphatic heterocycles. The molecule has 49 heavy (non-hydrogen) atoms. The second kappa shape index (κ2) is 14.8. The first-order chi connectivity index (χ1) is 23.9. The number of hydrogen-bond donors (Lipinski definition) is 4. The van der Waals surface area contributed by atoms with E-state index in [9.17, 15) is 9.59 Å². The second-order valence-corrected chi connectivity index (χ2v) is 13.8. The van der Waals surface area contributed by atoms with E-state index in [4.69, 9.17) is 37.9 Å². The molecule has 2 saturated heterocycles. The Balaban J connectivity index is 1.10. The highest BCUT2D eigenvalue weighted by Gasteiger charge is 2.26. The number of methoxy groups -OCH3 is 1. The fourth-order valence-corrected chi connectivity index (χ4v) is 7.83. The minimum Gasteiger partial charge on any atom is -0.481 e. The van der Waals surface area contributed by atoms with Gasteiger partial charge in [0.1, 0.15) is 0 Å². The van der Waals surface area contributed by atoms with Crippen LogP contribution < -0.4 is 26.0 Å². The summed E-state index contributed by atoms with van der Waals surface area (Å²) in [6, 6.07) is 18.5. The molecule has 11 heteroatoms. The van der Waals surface area contributed by atoms with E-state index in [1.165, 1.54) is 5.56 Å². The highest BCUT2D eigenvalue weighted by atomic mass is 35.5. The van der Waals surface area contributed by atoms with E-state index in [1.54, 1.807) is 7.11 Å². The van der Waals surface area contributed by atoms with Crippen molar-refractivity contribution in [3.63, 3.8) is 0 Å². The molecule has 0 unspecified atom stereocenters. The molecular formula is C38H40Cl2N6O3. The lowest BCUT2D eigenvalue weighted by molar-refractivity contribution is -0.120. The summed E-state index contributed by atoms with van der Waals surface area (Å²) in [5.41, 5.74) is 8.19. The van der Waals surface area contributed by atoms with Gasteiger partial charge in [0.15, 0.2) is 0 Å². The van der Waals surface area contributed by atoms with Crippen LogP contribution in [0.25, 0.3) is 33.5 Å². The zero-order valence-electron chi connectivity index (χ0n) is 27.5. The number of nitrogens with one attached hydrogen (secondary N) is 4. The number of nitrogens with zero attached hydrogens (tertiary/aromatic N) is 2. The van der Waals surface area contributed by atoms with Crippen molar-refractivity contribution in [2.75, 3.05) is 20.2 Å². The molecule has 9 nitrogen and oxygen atoms in total. The van der Waals surface area contributed by atoms with Crippen molar-refractivity contribution in [1.29, 1.82) is 0 Å². The van der Waals surface area contributed by atoms with E-state index < -0.39 is 0 Å². The molecule has 3 aliphatic rings. The van der Waals surface area contributed by atoms with Gasteiger partial charge < -0.3 is 26.0 Å². The average molecular weight is 700 g/mol. The molecule has 254 valence electrons. The summed E-state index contributed by atoms with van der Waals surface area (Å²) in [5.74, 6) is 0.757. The molecule has 3 atom stereocenters. The Morgan fingerprint density at radius 1 is 0.837 bits per heavy atom. The summed E-state index contributed by atoms with van der Waals surface area (Å²) in [7, 11) is 1.61. The van der Waals surface area contributed by atoms with Gasteiger partial charge in [0.25, 0.3) is 0 Å². The van der Waals surface area contributed by atoms with E-state index in [-0.39, 0.29) is 29.9 Å². The number of hydrogen-bond acceptors (Lipinski definition) is 7. The van der Waals surface area contributed by atoms with Crippen LogP contribution in [0, 0.1) is 0 Å². The molecule has 2 amide bonds. The third kappa shape index (κ3) is 7.31. The number of pyridine rings is 2. The van der Waals surface area contributed by atoms with E-state index in [0.717, 1.165) is 77.7 Å². The molecule has 2 aromatic heterocycles. The molecule has 4 heterocycles. The summed E-state index contributed by atoms with van der Waals surface area (Å²) in [5, 5.41) is 14.2. The summed E-state index contributed by atoms with van der Waals surface area (Å²) in [6.07, 6.45) is 7.86. The van der Waals surface area contributed by atoms with E-state index in [2.05, 4.69) is 27.3 Å². The highest BCUT2D eigenvalue weighted by Crippen LogP contribution is 2.43. The van der Waals surface area contributed by atoms with Gasteiger partial charge in [0.05, 0.1) is 28.5 Å². The van der Waals surface area contributed by atoms with Crippen molar-refractivity contribution < 1.29 is 14.3 Å². The van der Waals surface area contributed by atoms with Crippen LogP contribution in [0.3, 0.4) is 0 Å². The van der Waals surface area contributed by atoms with Crippen molar-refractivity contribution in [3.8, 4) is 39.4 Å². The Morgan fingerprint density at radius 3 is 2.20 bits per heavy atom. The molecule has 4 aromatic rings. The van der Waals surface area contributed by atoms with E-state index in [0.29, 0.717) is 47.6 Å². The normalized spacial score (nSPS) is 20.2. The lowest BCUT2D eigenvalue weighted by Crippen LogP contribution is -2.38. The van der Waals surface area contributed by atoms with Crippen molar-refractivity contribution in [3.05, 3.63) is 87.7 Å². The Morgan fingerprint density at radius 2 is 1.51 bits per heavy atom. The van der Waals surface area contributed by atoms with E-state index in [1.807, 2.05) is 54.7 Å². The van der Waals surface area contributed by atoms with E-state index >= 15 is 0 Å². The summed E-state index contributed by atoms with van der Waals surface area (Å²) >= 11 is 14.3. The van der Waals surface area contributed by atoms with Crippen LogP contribution in [0.5, 0.6) is 5.88 Å². The minimum atomic E-state index is 0.105. The molecule has 1 aliphatic carbocycles. The molecule has 2 fully saturated rings. The molecule has 0 spiro atoms. The van der Waals surface area contributed by atoms with Crippen LogP contribution in [-0.4, -0.2) is 54.1 Å². The van der Waals surface area contributed by atoms with Crippen LogP contribution in [-0.2, 0) is 22.6 Å². The summed E-state index contributed by atoms with van der Waals surface area (Å²) in [6.45, 7) is 2.00. The molecule has 7 rings (SSSR count). The standard InChI is InChI=1S/C38H40Cl2N6O3/c1-49-38-23(18-41-20-25-12-15-33(47)44-25)11-14-31(46-38)30-9-4-8-29(36(30)40)28-7-3-6-27(35(28)39)24-17-22-5-2-10-32(37(22)43-19-24)42-21-26-13-16-34(48)45-26/h3-4,6-9,11,14,17,19,25-26,32,41-42H,2,5,10,12-13,15-16,18,20-21H2,1H3,(H,44,47)(H,45,48)/t25-,26+,32+/m1/s1. The number of carbonyl (C=O) groups excluding carboxylic acids is 2. The predicted octanol–water partition coefficient (Wildman–Crippen LogP) is 6.41. The van der Waals surface area contributed by atoms with Gasteiger partial charge in [-0.15, -0.1) is 0 Å². The van der Waals surface area contributed by atoms with Gasteiger partial charge in [-0.2, -0.15) is 0 Å². The first-order valence-corrected chi connectivity index (χ1v) is 17.8. The van der Waals surface area contributed by atoms with Crippen molar-refractivity contribution in [2.45, 2.75) is 69.6 Å². The van der Waals surface area contributed by atoms with Crippen LogP contribution >= 0.6 is 23.2 Å². The van der Waals surface area contributed by atoms with Gasteiger partial charge in [-0.05, 0) is 49.8 Å². The Kier molecular flexibility index (Phi) is 10.1. The molecule has 0 saturated carbocycles. The average Bonchev–Trinajstić information content (AvgIpc) is 3.74. The number of carbonyl (C=O) groups is 2. The van der Waals surface area contributed by atoms with Gasteiger partial charge in [0, 0.05) is 90.2 Å². The van der Waals surface area contributed by atoms with Crippen molar-refractivity contribution in [1.82, 2.24) is 31.2 Å². The van der Waals surface area contributed by atoms with Crippen molar-refractivity contribution in [2.24, 2.45) is 0 Å². The summed E-state index contributed by atoms with van der Waals surface area (Å²) in [4.78, 5) is 32.9. The van der Waals surface area contributed by atoms with Gasteiger partial charge >= 0.3 is 0 Å². The summed E-state index contributed by atoms with van der Waals surface area (Å²) < 4.78 is 5.66. The zero-order valence-corrected chi connectivity index (χ0v) is 29.0. The number of rotatable bonds is 11. The fraction of sp³-hybridized carbons (Fsp3) is 0.368. The fourth-order valence-electron chi connectivity index (χ4n) is 7.17. The second-order valence-electron chi connectivity index (χ2n) is 13.1. The lowest BCUT2D eigenvalue weighted by atomic mass is 9.89. The maximum absolute atomic E-state index is 11.6. The van der Waals surface area contributed by atoms with Gasteiger partial charge in [-0.25, -0.2) is 4.98 Å². The predicted molar refractivity (Wildman–Crippen MR) is 193 cm³/mol. The Labute approximate surface area is 296 Å². The molecule has 0 radical (unpaired) electrons. The number of aryl methyl sites for hydroxylation is 1. The van der Waals surface area contributed by atoms with Gasteiger partial charge in [0.2, 0.25) is 17.7 Å². The molecule has 2 aromatic carbocycles. The molecular weight excluding hydrogens is 659 g/mol. The smallest absolute Gasteiger partial charge is 0.220 e. The number of halogens is 2. The third-order valence-electron chi connectivity index (χ3n) is 9.76. The largest absolute Gasteiger partial charge is 0.481 e. The van der Waals surface area contributed by atoms with Gasteiger partial charge in [-0.1, -0.05) is 65.7 Å². The highest BCUT2D eigenvalue weighted by molar-refractivity contribution is 6.39. The quantitative estimate of drug-likeness (QED) is 0.143. The Bertz CT molecular complexity index is 1880. The third-order valence-corrected chi connectivity index (χ3v) is 10.6. The number of benzene rings is 2. The maximum Gasteiger partial charge on any atom is 0.220 e. The van der Waals surface area contributed by atoms with Gasteiger partial charge in [-0.3, -0.25) is 14.6 Å². The SMILES string of the molecule is COc1nc(-c2cccc(-c3cccc(-c4cnc5c(c4)CCC[C@@H]5NC[C@@H]4CCC(=O)N4)c3Cl)c2Cl)ccc1CNC[C@H]1CCC(=O)N1. The monoisotopic (exact) mass is 698 g/mol. The number of aromatic nitrogens is 2. The number of ether oxygens (including phenoxy) is 1. The number of fused-ring (bicyclic) bond motifs is 1. The lowest BCUT2D eigenvalue weighted by Gasteiger charge is -2.27. The first kappa shape index (κ1) is 33.5. The van der Waals surface area contributed by atoms with Crippen LogP contribution in [0.15, 0.2) is 60.8 Å². The molecule has 0 bridgehead atoms.